The third-order valence-corrected chi connectivity index (χ3v) is 9.21. The first-order chi connectivity index (χ1) is 27.1. The summed E-state index contributed by atoms with van der Waals surface area (Å²) in [5, 5.41) is 42.3. The van der Waals surface area contributed by atoms with E-state index in [1.165, 1.54) is 23.9 Å². The fraction of sp³-hybridized carbons (Fsp3) is 0.500. The maximum Gasteiger partial charge on any atom is 0.413 e. The number of hydrogen-bond acceptors (Lipinski definition) is 19. The summed E-state index contributed by atoms with van der Waals surface area (Å²) in [5.41, 5.74) is -7.06. The molecule has 3 aromatic heterocycles. The number of pyridine rings is 1. The van der Waals surface area contributed by atoms with Crippen molar-refractivity contribution in [2.75, 3.05) is 18.5 Å². The largest absolute Gasteiger partial charge is 0.503 e. The van der Waals surface area contributed by atoms with Crippen LogP contribution in [0.2, 0.25) is 0 Å². The fourth-order valence-electron chi connectivity index (χ4n) is 4.54. The van der Waals surface area contributed by atoms with E-state index in [-0.39, 0.29) is 20.6 Å². The zero-order chi connectivity index (χ0) is 44.4. The number of likely N-dealkylation sites (tertiary alicyclic amines) is 1. The number of aliphatic hydroxyl groups excluding tert-OH is 2. The number of carbonyl (C=O) groups excluding carboxylic acids is 5. The first-order valence-electron chi connectivity index (χ1n) is 17.2. The van der Waals surface area contributed by atoms with E-state index in [0.717, 1.165) is 23.6 Å². The number of oxime groups is 1. The second-order valence-corrected chi connectivity index (χ2v) is 17.4. The Hall–Kier alpha value is -6.19. The van der Waals surface area contributed by atoms with Gasteiger partial charge in [0.1, 0.15) is 22.9 Å². The quantitative estimate of drug-likeness (QED) is 0.0465. The maximum atomic E-state index is 13.6. The lowest BCUT2D eigenvalue weighted by Crippen LogP contribution is -2.68. The summed E-state index contributed by atoms with van der Waals surface area (Å²) in [5.74, 6) is -4.39. The van der Waals surface area contributed by atoms with Crippen LogP contribution in [0.5, 0.6) is 5.75 Å². The molecule has 27 heteroatoms. The third-order valence-electron chi connectivity index (χ3n) is 7.32. The number of rotatable bonds is 13. The van der Waals surface area contributed by atoms with Crippen LogP contribution in [-0.4, -0.2) is 130 Å². The van der Waals surface area contributed by atoms with Crippen LogP contribution in [0, 0.1) is 0 Å². The number of nitrogens with zero attached hydrogens (tertiary/aromatic N) is 6. The summed E-state index contributed by atoms with van der Waals surface area (Å²) in [6, 6.07) is -2.27. The van der Waals surface area contributed by atoms with Crippen molar-refractivity contribution in [1.82, 2.24) is 38.7 Å². The molecule has 4 rings (SSSR count). The standard InChI is InChI=1S/C32H42N10O15S2/c1-30(2,3)55-25(49)32(7,8)57-38-21(18-14-58-26(35-18)36-28(51)56-31(4,5)6)23(47)34-17-12-41(24(17)48)27(50)39-59(53,54)42-29(52)40(11-15(44)13-43)22(37-42)16-9-19(45)20(46)10-33-16/h9-10,14-15,17,43-44,46H,11-13H2,1-8H3,(H,33,45)(H,34,47)(H,39,50)(H,35,36,51)/b38-21-/t15-,17-/m0/s1. The number of anilines is 1. The second kappa shape index (κ2) is 17.0. The Bertz CT molecular complexity index is 2400. The van der Waals surface area contributed by atoms with Gasteiger partial charge in [0.05, 0.1) is 31.5 Å². The molecule has 7 N–H and O–H groups in total. The number of imide groups is 1. The Morgan fingerprint density at radius 1 is 1.07 bits per heavy atom. The van der Waals surface area contributed by atoms with Crippen molar-refractivity contribution in [2.24, 2.45) is 5.16 Å². The number of esters is 1. The number of aromatic hydroxyl groups is 1. The van der Waals surface area contributed by atoms with Crippen molar-refractivity contribution < 1.29 is 62.0 Å². The number of aromatic nitrogens is 5. The van der Waals surface area contributed by atoms with Gasteiger partial charge in [-0.05, 0) is 55.4 Å². The molecule has 0 unspecified atom stereocenters. The van der Waals surface area contributed by atoms with E-state index in [2.05, 4.69) is 30.9 Å². The van der Waals surface area contributed by atoms with Crippen LogP contribution in [0.1, 0.15) is 61.1 Å². The molecule has 0 aliphatic carbocycles. The highest BCUT2D eigenvalue weighted by Gasteiger charge is 2.44. The molecular formula is C32H42N10O15S2. The Balaban J connectivity index is 1.54. The molecule has 1 saturated heterocycles. The summed E-state index contributed by atoms with van der Waals surface area (Å²) in [4.78, 5) is 102. The van der Waals surface area contributed by atoms with Crippen LogP contribution < -0.4 is 26.5 Å². The van der Waals surface area contributed by atoms with Crippen molar-refractivity contribution in [3.63, 3.8) is 0 Å². The molecule has 5 amide bonds. The van der Waals surface area contributed by atoms with Gasteiger partial charge in [0.2, 0.25) is 11.0 Å². The number of amides is 5. The molecule has 59 heavy (non-hydrogen) atoms. The number of ether oxygens (including phenoxy) is 2. The average molecular weight is 871 g/mol. The molecule has 1 aliphatic heterocycles. The number of aliphatic hydroxyl groups is 2. The first-order valence-corrected chi connectivity index (χ1v) is 19.5. The molecule has 0 saturated carbocycles. The molecule has 0 spiro atoms. The van der Waals surface area contributed by atoms with Crippen LogP contribution in [0.3, 0.4) is 0 Å². The molecule has 2 atom stereocenters. The van der Waals surface area contributed by atoms with Gasteiger partial charge in [0, 0.05) is 17.6 Å². The zero-order valence-corrected chi connectivity index (χ0v) is 34.4. The summed E-state index contributed by atoms with van der Waals surface area (Å²) in [6.07, 6.45) is -1.66. The Kier molecular flexibility index (Phi) is 13.1. The molecule has 322 valence electrons. The minimum atomic E-state index is -5.27. The summed E-state index contributed by atoms with van der Waals surface area (Å²) in [6.45, 7) is 10.1. The third kappa shape index (κ3) is 11.3. The zero-order valence-electron chi connectivity index (χ0n) is 32.7. The van der Waals surface area contributed by atoms with Gasteiger partial charge in [-0.1, -0.05) is 9.24 Å². The van der Waals surface area contributed by atoms with Gasteiger partial charge in [-0.2, -0.15) is 8.42 Å². The van der Waals surface area contributed by atoms with Crippen molar-refractivity contribution >= 4 is 62.3 Å². The molecular weight excluding hydrogens is 829 g/mol. The normalized spacial score (nSPS) is 15.5. The van der Waals surface area contributed by atoms with Gasteiger partial charge < -0.3 is 39.9 Å². The van der Waals surface area contributed by atoms with Gasteiger partial charge in [-0.3, -0.25) is 29.2 Å². The van der Waals surface area contributed by atoms with E-state index < -0.39 is 117 Å². The van der Waals surface area contributed by atoms with Crippen molar-refractivity contribution in [2.45, 2.75) is 90.9 Å². The SMILES string of the molecule is CC(C)(C)OC(=O)Nc1nc(/C(=N/OC(C)(C)C(=O)OC(C)(C)C)C(=O)N[C@H]2CN(C(=O)NS(=O)(=O)n3nc(-c4cc(=O)c(O)c[nH]4)n(C[C@H](O)CO)c3=O)C2=O)cs1. The highest BCUT2D eigenvalue weighted by molar-refractivity contribution is 7.88. The van der Waals surface area contributed by atoms with Gasteiger partial charge in [-0.15, -0.1) is 16.4 Å². The Morgan fingerprint density at radius 3 is 2.29 bits per heavy atom. The first kappa shape index (κ1) is 45.5. The van der Waals surface area contributed by atoms with Crippen molar-refractivity contribution in [3.8, 4) is 17.3 Å². The van der Waals surface area contributed by atoms with E-state index in [4.69, 9.17) is 14.3 Å². The number of nitrogens with one attached hydrogen (secondary N) is 4. The smallest absolute Gasteiger partial charge is 0.413 e. The molecule has 3 aromatic rings. The lowest BCUT2D eigenvalue weighted by atomic mass is 10.1. The van der Waals surface area contributed by atoms with Gasteiger partial charge >= 0.3 is 34.0 Å². The summed E-state index contributed by atoms with van der Waals surface area (Å²) < 4.78 is 38.9. The molecule has 0 bridgehead atoms. The van der Waals surface area contributed by atoms with Crippen LogP contribution in [0.15, 0.2) is 32.4 Å². The predicted octanol–water partition coefficient (Wildman–Crippen LogP) is -1.07. The summed E-state index contributed by atoms with van der Waals surface area (Å²) >= 11 is 0.855. The molecule has 1 fully saturated rings. The molecule has 0 aromatic carbocycles. The number of urea groups is 1. The van der Waals surface area contributed by atoms with E-state index in [1.807, 2.05) is 0 Å². The minimum absolute atomic E-state index is 0.0399. The number of β-lactam (4-membered cyclic amide) rings is 1. The Labute approximate surface area is 338 Å². The predicted molar refractivity (Wildman–Crippen MR) is 203 cm³/mol. The maximum absolute atomic E-state index is 13.6. The number of thiazole rings is 1. The average Bonchev–Trinajstić information content (AvgIpc) is 3.69. The van der Waals surface area contributed by atoms with Gasteiger partial charge in [-0.25, -0.2) is 28.9 Å². The molecule has 0 radical (unpaired) electrons. The minimum Gasteiger partial charge on any atom is -0.503 e. The molecule has 1 aliphatic rings. The highest BCUT2D eigenvalue weighted by Crippen LogP contribution is 2.22. The van der Waals surface area contributed by atoms with Crippen LogP contribution in [0.25, 0.3) is 11.5 Å². The number of aromatic amines is 1. The number of H-pyrrole nitrogens is 1. The van der Waals surface area contributed by atoms with E-state index in [9.17, 15) is 57.3 Å². The monoisotopic (exact) mass is 870 g/mol. The fourth-order valence-corrected chi connectivity index (χ4v) is 6.13. The lowest BCUT2D eigenvalue weighted by Gasteiger charge is -2.36. The lowest BCUT2D eigenvalue weighted by molar-refractivity contribution is -0.179. The van der Waals surface area contributed by atoms with Crippen LogP contribution in [-0.2, 0) is 45.4 Å². The molecule has 25 nitrogen and oxygen atoms in total. The van der Waals surface area contributed by atoms with Gasteiger partial charge in [0.25, 0.3) is 11.8 Å². The summed E-state index contributed by atoms with van der Waals surface area (Å²) in [7, 11) is -5.27. The Morgan fingerprint density at radius 2 is 1.71 bits per heavy atom. The topological polar surface area (TPSA) is 345 Å². The van der Waals surface area contributed by atoms with Crippen LogP contribution >= 0.6 is 11.3 Å². The highest BCUT2D eigenvalue weighted by atomic mass is 32.2. The van der Waals surface area contributed by atoms with E-state index in [1.54, 1.807) is 41.5 Å². The van der Waals surface area contributed by atoms with Crippen molar-refractivity contribution in [1.29, 1.82) is 0 Å². The van der Waals surface area contributed by atoms with E-state index >= 15 is 0 Å². The van der Waals surface area contributed by atoms with Crippen molar-refractivity contribution in [3.05, 3.63) is 44.0 Å². The van der Waals surface area contributed by atoms with E-state index in [0.29, 0.717) is 9.47 Å². The number of carbonyl (C=O) groups is 5. The van der Waals surface area contributed by atoms with Crippen LogP contribution in [0.4, 0.5) is 14.7 Å². The second-order valence-electron chi connectivity index (χ2n) is 15.1. The number of hydrogen-bond donors (Lipinski definition) is 7. The molecule has 4 heterocycles. The van der Waals surface area contributed by atoms with Gasteiger partial charge in [0.15, 0.2) is 22.4 Å².